The monoisotopic (exact) mass is 330 g/mol. The van der Waals surface area contributed by atoms with Crippen LogP contribution < -0.4 is 10.1 Å². The van der Waals surface area contributed by atoms with Crippen LogP contribution in [0.25, 0.3) is 0 Å². The Kier molecular flexibility index (Phi) is 6.14. The molecule has 0 radical (unpaired) electrons. The van der Waals surface area contributed by atoms with E-state index in [0.717, 1.165) is 5.76 Å². The summed E-state index contributed by atoms with van der Waals surface area (Å²) >= 11 is 0. The van der Waals surface area contributed by atoms with Gasteiger partial charge < -0.3 is 14.5 Å². The van der Waals surface area contributed by atoms with Gasteiger partial charge in [-0.15, -0.1) is 0 Å². The highest BCUT2D eigenvalue weighted by molar-refractivity contribution is 5.94. The summed E-state index contributed by atoms with van der Waals surface area (Å²) in [5, 5.41) is 2.83. The standard InChI is InChI=1S/C18H22N2O4/c1-13(21)14-6-8-15(9-7-14)24-12-18(22)19-11-16(20(2)3)17-5-4-10-23-17/h4-10,16H,11-12H2,1-3H3,(H,19,22). The number of hydrogen-bond acceptors (Lipinski definition) is 5. The van der Waals surface area contributed by atoms with Gasteiger partial charge in [-0.1, -0.05) is 0 Å². The van der Waals surface area contributed by atoms with Crippen molar-refractivity contribution in [2.45, 2.75) is 13.0 Å². The molecule has 0 fully saturated rings. The number of ketones is 1. The molecule has 0 aliphatic rings. The Morgan fingerprint density at radius 1 is 1.21 bits per heavy atom. The van der Waals surface area contributed by atoms with Gasteiger partial charge in [-0.05, 0) is 57.4 Å². The molecule has 1 N–H and O–H groups in total. The van der Waals surface area contributed by atoms with Crippen LogP contribution in [0, 0.1) is 0 Å². The minimum Gasteiger partial charge on any atom is -0.484 e. The average molecular weight is 330 g/mol. The summed E-state index contributed by atoms with van der Waals surface area (Å²) in [6, 6.07) is 10.4. The van der Waals surface area contributed by atoms with Crippen molar-refractivity contribution in [1.82, 2.24) is 10.2 Å². The number of nitrogens with zero attached hydrogens (tertiary/aromatic N) is 1. The lowest BCUT2D eigenvalue weighted by Crippen LogP contribution is -2.36. The molecule has 0 aliphatic carbocycles. The van der Waals surface area contributed by atoms with E-state index in [0.29, 0.717) is 17.9 Å². The molecule has 128 valence electrons. The van der Waals surface area contributed by atoms with Gasteiger partial charge in [-0.2, -0.15) is 0 Å². The first-order chi connectivity index (χ1) is 11.5. The van der Waals surface area contributed by atoms with Gasteiger partial charge in [0.1, 0.15) is 11.5 Å². The molecule has 24 heavy (non-hydrogen) atoms. The quantitative estimate of drug-likeness (QED) is 0.752. The van der Waals surface area contributed by atoms with E-state index in [9.17, 15) is 9.59 Å². The second-order valence-corrected chi connectivity index (χ2v) is 5.67. The number of likely N-dealkylation sites (N-methyl/N-ethyl adjacent to an activating group) is 1. The number of carbonyl (C=O) groups is 2. The molecule has 6 heteroatoms. The minimum atomic E-state index is -0.218. The fourth-order valence-electron chi connectivity index (χ4n) is 2.21. The molecule has 1 aromatic heterocycles. The van der Waals surface area contributed by atoms with E-state index in [4.69, 9.17) is 9.15 Å². The molecule has 2 rings (SSSR count). The highest BCUT2D eigenvalue weighted by atomic mass is 16.5. The Labute approximate surface area is 141 Å². The first-order valence-electron chi connectivity index (χ1n) is 7.67. The van der Waals surface area contributed by atoms with Crippen molar-refractivity contribution >= 4 is 11.7 Å². The molecule has 1 amide bonds. The lowest BCUT2D eigenvalue weighted by atomic mass is 10.1. The molecule has 1 heterocycles. The maximum atomic E-state index is 11.9. The number of amides is 1. The second kappa shape index (κ2) is 8.31. The number of rotatable bonds is 8. The van der Waals surface area contributed by atoms with Crippen molar-refractivity contribution in [2.24, 2.45) is 0 Å². The molecule has 2 aromatic rings. The third-order valence-electron chi connectivity index (χ3n) is 3.62. The van der Waals surface area contributed by atoms with Crippen LogP contribution in [0.2, 0.25) is 0 Å². The zero-order chi connectivity index (χ0) is 17.5. The van der Waals surface area contributed by atoms with Gasteiger partial charge in [0.15, 0.2) is 12.4 Å². The molecule has 1 unspecified atom stereocenters. The second-order valence-electron chi connectivity index (χ2n) is 5.67. The van der Waals surface area contributed by atoms with Crippen LogP contribution in [-0.2, 0) is 4.79 Å². The van der Waals surface area contributed by atoms with Gasteiger partial charge in [0, 0.05) is 12.1 Å². The van der Waals surface area contributed by atoms with E-state index in [1.807, 2.05) is 31.1 Å². The maximum absolute atomic E-state index is 11.9. The van der Waals surface area contributed by atoms with Crippen molar-refractivity contribution < 1.29 is 18.7 Å². The third-order valence-corrected chi connectivity index (χ3v) is 3.62. The van der Waals surface area contributed by atoms with Crippen LogP contribution in [0.3, 0.4) is 0 Å². The number of carbonyl (C=O) groups excluding carboxylic acids is 2. The summed E-state index contributed by atoms with van der Waals surface area (Å²) in [6.07, 6.45) is 1.61. The topological polar surface area (TPSA) is 71.8 Å². The van der Waals surface area contributed by atoms with E-state index >= 15 is 0 Å². The lowest BCUT2D eigenvalue weighted by molar-refractivity contribution is -0.123. The van der Waals surface area contributed by atoms with Crippen LogP contribution in [-0.4, -0.2) is 43.8 Å². The predicted molar refractivity (Wildman–Crippen MR) is 90.1 cm³/mol. The van der Waals surface area contributed by atoms with E-state index in [1.54, 1.807) is 30.5 Å². The summed E-state index contributed by atoms with van der Waals surface area (Å²) in [7, 11) is 3.85. The number of benzene rings is 1. The molecular weight excluding hydrogens is 308 g/mol. The van der Waals surface area contributed by atoms with Crippen molar-refractivity contribution in [3.05, 3.63) is 54.0 Å². The number of ether oxygens (including phenoxy) is 1. The van der Waals surface area contributed by atoms with Crippen molar-refractivity contribution in [3.8, 4) is 5.75 Å². The van der Waals surface area contributed by atoms with Gasteiger partial charge in [-0.3, -0.25) is 14.5 Å². The summed E-state index contributed by atoms with van der Waals surface area (Å²) in [5.74, 6) is 1.11. The zero-order valence-corrected chi connectivity index (χ0v) is 14.1. The third kappa shape index (κ3) is 4.96. The molecule has 0 aliphatic heterocycles. The summed E-state index contributed by atoms with van der Waals surface area (Å²) in [4.78, 5) is 25.1. The number of Topliss-reactive ketones (excluding diaryl/α,β-unsaturated/α-hetero) is 1. The van der Waals surface area contributed by atoms with Crippen LogP contribution in [0.1, 0.15) is 29.1 Å². The van der Waals surface area contributed by atoms with Crippen LogP contribution >= 0.6 is 0 Å². The summed E-state index contributed by atoms with van der Waals surface area (Å²) < 4.78 is 10.8. The summed E-state index contributed by atoms with van der Waals surface area (Å²) in [6.45, 7) is 1.84. The Bertz CT molecular complexity index is 663. The Balaban J connectivity index is 1.81. The number of hydrogen-bond donors (Lipinski definition) is 1. The molecular formula is C18H22N2O4. The molecule has 1 aromatic carbocycles. The molecule has 0 bridgehead atoms. The SMILES string of the molecule is CC(=O)c1ccc(OCC(=O)NCC(c2ccco2)N(C)C)cc1. The van der Waals surface area contributed by atoms with Gasteiger partial charge in [-0.25, -0.2) is 0 Å². The Morgan fingerprint density at radius 3 is 2.46 bits per heavy atom. The van der Waals surface area contributed by atoms with Crippen LogP contribution in [0.4, 0.5) is 0 Å². The number of furan rings is 1. The van der Waals surface area contributed by atoms with Crippen LogP contribution in [0.5, 0.6) is 5.75 Å². The van der Waals surface area contributed by atoms with E-state index < -0.39 is 0 Å². The van der Waals surface area contributed by atoms with Gasteiger partial charge in [0.05, 0.1) is 12.3 Å². The maximum Gasteiger partial charge on any atom is 0.258 e. The smallest absolute Gasteiger partial charge is 0.258 e. The summed E-state index contributed by atoms with van der Waals surface area (Å²) in [5.41, 5.74) is 0.610. The normalized spacial score (nSPS) is 12.0. The fraction of sp³-hybridized carbons (Fsp3) is 0.333. The van der Waals surface area contributed by atoms with E-state index in [2.05, 4.69) is 5.32 Å². The zero-order valence-electron chi connectivity index (χ0n) is 14.1. The van der Waals surface area contributed by atoms with Crippen molar-refractivity contribution in [1.29, 1.82) is 0 Å². The molecule has 0 saturated heterocycles. The van der Waals surface area contributed by atoms with E-state index in [-0.39, 0.29) is 24.3 Å². The predicted octanol–water partition coefficient (Wildman–Crippen LogP) is 2.28. The highest BCUT2D eigenvalue weighted by Gasteiger charge is 2.17. The van der Waals surface area contributed by atoms with Crippen LogP contribution in [0.15, 0.2) is 47.1 Å². The Hall–Kier alpha value is -2.60. The highest BCUT2D eigenvalue weighted by Crippen LogP contribution is 2.17. The first kappa shape index (κ1) is 17.7. The van der Waals surface area contributed by atoms with Crippen molar-refractivity contribution in [2.75, 3.05) is 27.2 Å². The Morgan fingerprint density at radius 2 is 1.92 bits per heavy atom. The molecule has 6 nitrogen and oxygen atoms in total. The first-order valence-corrected chi connectivity index (χ1v) is 7.67. The lowest BCUT2D eigenvalue weighted by Gasteiger charge is -2.22. The largest absolute Gasteiger partial charge is 0.484 e. The minimum absolute atomic E-state index is 0.00746. The van der Waals surface area contributed by atoms with Gasteiger partial charge in [0.2, 0.25) is 0 Å². The molecule has 0 saturated carbocycles. The van der Waals surface area contributed by atoms with Gasteiger partial charge >= 0.3 is 0 Å². The average Bonchev–Trinajstić information content (AvgIpc) is 3.07. The van der Waals surface area contributed by atoms with E-state index in [1.165, 1.54) is 6.92 Å². The molecule has 1 atom stereocenters. The molecule has 0 spiro atoms. The fourth-order valence-corrected chi connectivity index (χ4v) is 2.21. The van der Waals surface area contributed by atoms with Gasteiger partial charge in [0.25, 0.3) is 5.91 Å². The van der Waals surface area contributed by atoms with Crippen molar-refractivity contribution in [3.63, 3.8) is 0 Å². The number of nitrogens with one attached hydrogen (secondary N) is 1.